The van der Waals surface area contributed by atoms with Crippen molar-refractivity contribution in [2.45, 2.75) is 44.6 Å². The molecule has 5 nitrogen and oxygen atoms in total. The van der Waals surface area contributed by atoms with Gasteiger partial charge in [-0.25, -0.2) is 13.4 Å². The van der Waals surface area contributed by atoms with Gasteiger partial charge in [0.05, 0.1) is 11.4 Å². The maximum atomic E-state index is 11.8. The summed E-state index contributed by atoms with van der Waals surface area (Å²) in [5.74, 6) is 0.722. The summed E-state index contributed by atoms with van der Waals surface area (Å²) in [6.07, 6.45) is 1.22. The number of hydrogen-bond donors (Lipinski definition) is 2. The number of guanidine groups is 1. The first-order chi connectivity index (χ1) is 13.5. The molecule has 0 amide bonds. The Morgan fingerprint density at radius 2 is 1.76 bits per heavy atom. The Morgan fingerprint density at radius 3 is 2.31 bits per heavy atom. The number of nitrogens with zero attached hydrogens (tertiary/aromatic N) is 1. The van der Waals surface area contributed by atoms with E-state index in [0.717, 1.165) is 28.7 Å². The van der Waals surface area contributed by atoms with Gasteiger partial charge in [0.25, 0.3) is 0 Å². The van der Waals surface area contributed by atoms with Crippen molar-refractivity contribution < 1.29 is 8.42 Å². The van der Waals surface area contributed by atoms with Crippen LogP contribution in [0.3, 0.4) is 0 Å². The van der Waals surface area contributed by atoms with Gasteiger partial charge in [-0.3, -0.25) is 0 Å². The lowest BCUT2D eigenvalue weighted by Crippen LogP contribution is -2.43. The standard InChI is InChI=1S/C22H30ClN3O2S/c1-6-24-21(26-15-22(3,4)18-8-10-19(23)11-9-18)25-14-17-7-12-20(16(2)13-17)29(5,27)28/h7-13H,6,14-15H2,1-5H3,(H2,24,25,26). The monoisotopic (exact) mass is 435 g/mol. The minimum Gasteiger partial charge on any atom is -0.357 e. The van der Waals surface area contributed by atoms with Gasteiger partial charge in [0, 0.05) is 29.8 Å². The van der Waals surface area contributed by atoms with Crippen molar-refractivity contribution >= 4 is 27.4 Å². The lowest BCUT2D eigenvalue weighted by atomic mass is 9.85. The lowest BCUT2D eigenvalue weighted by Gasteiger charge is -2.27. The van der Waals surface area contributed by atoms with Crippen molar-refractivity contribution in [3.05, 3.63) is 64.2 Å². The summed E-state index contributed by atoms with van der Waals surface area (Å²) < 4.78 is 23.6. The number of rotatable bonds is 7. The van der Waals surface area contributed by atoms with Crippen molar-refractivity contribution in [3.8, 4) is 0 Å². The molecule has 0 bridgehead atoms. The van der Waals surface area contributed by atoms with Crippen LogP contribution in [0.1, 0.15) is 37.5 Å². The van der Waals surface area contributed by atoms with E-state index in [4.69, 9.17) is 11.6 Å². The van der Waals surface area contributed by atoms with Gasteiger partial charge in [-0.2, -0.15) is 0 Å². The molecule has 0 saturated carbocycles. The largest absolute Gasteiger partial charge is 0.357 e. The molecular weight excluding hydrogens is 406 g/mol. The zero-order valence-electron chi connectivity index (χ0n) is 17.7. The molecule has 0 atom stereocenters. The number of aryl methyl sites for hydroxylation is 1. The minimum atomic E-state index is -3.21. The van der Waals surface area contributed by atoms with Gasteiger partial charge in [-0.05, 0) is 48.7 Å². The predicted molar refractivity (Wildman–Crippen MR) is 122 cm³/mol. The summed E-state index contributed by atoms with van der Waals surface area (Å²) in [4.78, 5) is 5.01. The van der Waals surface area contributed by atoms with Crippen LogP contribution < -0.4 is 10.6 Å². The number of aliphatic imine (C=N–C) groups is 1. The van der Waals surface area contributed by atoms with Crippen LogP contribution >= 0.6 is 11.6 Å². The van der Waals surface area contributed by atoms with Gasteiger partial charge in [0.15, 0.2) is 15.8 Å². The summed E-state index contributed by atoms with van der Waals surface area (Å²) in [6.45, 7) is 10.1. The number of benzene rings is 2. The van der Waals surface area contributed by atoms with E-state index in [9.17, 15) is 8.42 Å². The van der Waals surface area contributed by atoms with E-state index in [2.05, 4.69) is 29.5 Å². The zero-order valence-corrected chi connectivity index (χ0v) is 19.3. The van der Waals surface area contributed by atoms with E-state index in [1.54, 1.807) is 6.07 Å². The minimum absolute atomic E-state index is 0.103. The maximum Gasteiger partial charge on any atom is 0.191 e. The van der Waals surface area contributed by atoms with Crippen molar-refractivity contribution in [3.63, 3.8) is 0 Å². The fourth-order valence-corrected chi connectivity index (χ4v) is 4.13. The summed E-state index contributed by atoms with van der Waals surface area (Å²) in [7, 11) is -3.21. The van der Waals surface area contributed by atoms with Crippen LogP contribution in [0.5, 0.6) is 0 Å². The average Bonchev–Trinajstić information content (AvgIpc) is 2.63. The summed E-state index contributed by atoms with van der Waals surface area (Å²) in [5, 5.41) is 7.39. The molecule has 0 aliphatic rings. The molecule has 0 radical (unpaired) electrons. The Bertz CT molecular complexity index is 968. The van der Waals surface area contributed by atoms with Crippen LogP contribution in [-0.2, 0) is 21.8 Å². The number of nitrogens with one attached hydrogen (secondary N) is 2. The molecule has 29 heavy (non-hydrogen) atoms. The Balaban J connectivity index is 2.10. The Kier molecular flexibility index (Phi) is 7.72. The fourth-order valence-electron chi connectivity index (χ4n) is 3.05. The average molecular weight is 436 g/mol. The molecule has 2 rings (SSSR count). The summed E-state index contributed by atoms with van der Waals surface area (Å²) in [6, 6.07) is 13.2. The van der Waals surface area contributed by atoms with Gasteiger partial charge < -0.3 is 10.6 Å². The van der Waals surface area contributed by atoms with Crippen LogP contribution in [-0.4, -0.2) is 33.7 Å². The van der Waals surface area contributed by atoms with Gasteiger partial charge in [-0.1, -0.05) is 49.7 Å². The summed E-state index contributed by atoms with van der Waals surface area (Å²) in [5.41, 5.74) is 2.79. The third kappa shape index (κ3) is 6.75. The molecular formula is C22H30ClN3O2S. The molecule has 158 valence electrons. The van der Waals surface area contributed by atoms with Crippen LogP contribution in [0, 0.1) is 6.92 Å². The van der Waals surface area contributed by atoms with E-state index >= 15 is 0 Å². The second kappa shape index (κ2) is 9.63. The fraction of sp³-hybridized carbons (Fsp3) is 0.409. The normalized spacial score (nSPS) is 12.7. The Labute approximate surface area is 179 Å². The second-order valence-corrected chi connectivity index (χ2v) is 10.2. The van der Waals surface area contributed by atoms with Gasteiger partial charge in [0.1, 0.15) is 0 Å². The highest BCUT2D eigenvalue weighted by Crippen LogP contribution is 2.24. The first-order valence-electron chi connectivity index (χ1n) is 9.61. The van der Waals surface area contributed by atoms with Gasteiger partial charge >= 0.3 is 0 Å². The first kappa shape index (κ1) is 23.2. The van der Waals surface area contributed by atoms with Crippen LogP contribution in [0.25, 0.3) is 0 Å². The third-order valence-electron chi connectivity index (χ3n) is 4.73. The molecule has 0 aromatic heterocycles. The molecule has 2 N–H and O–H groups in total. The smallest absolute Gasteiger partial charge is 0.191 e. The van der Waals surface area contributed by atoms with Gasteiger partial charge in [0.2, 0.25) is 0 Å². The Hall–Kier alpha value is -2.05. The Morgan fingerprint density at radius 1 is 1.10 bits per heavy atom. The number of hydrogen-bond acceptors (Lipinski definition) is 3. The van der Waals surface area contributed by atoms with Crippen molar-refractivity contribution in [1.29, 1.82) is 0 Å². The van der Waals surface area contributed by atoms with Crippen molar-refractivity contribution in [2.24, 2.45) is 4.99 Å². The summed E-state index contributed by atoms with van der Waals surface area (Å²) >= 11 is 6.00. The molecule has 0 aliphatic carbocycles. The van der Waals surface area contributed by atoms with Crippen molar-refractivity contribution in [2.75, 3.05) is 19.3 Å². The molecule has 2 aromatic rings. The van der Waals surface area contributed by atoms with Crippen LogP contribution in [0.4, 0.5) is 0 Å². The first-order valence-corrected chi connectivity index (χ1v) is 11.9. The molecule has 0 heterocycles. The van der Waals surface area contributed by atoms with E-state index in [0.29, 0.717) is 18.0 Å². The highest BCUT2D eigenvalue weighted by molar-refractivity contribution is 7.90. The topological polar surface area (TPSA) is 70.6 Å². The van der Waals surface area contributed by atoms with Crippen molar-refractivity contribution in [1.82, 2.24) is 10.6 Å². The molecule has 2 aromatic carbocycles. The lowest BCUT2D eigenvalue weighted by molar-refractivity contribution is 0.508. The molecule has 0 saturated heterocycles. The van der Waals surface area contributed by atoms with Crippen LogP contribution in [0.15, 0.2) is 52.4 Å². The van der Waals surface area contributed by atoms with E-state index in [-0.39, 0.29) is 5.41 Å². The third-order valence-corrected chi connectivity index (χ3v) is 6.24. The maximum absolute atomic E-state index is 11.8. The molecule has 0 spiro atoms. The molecule has 0 unspecified atom stereocenters. The zero-order chi connectivity index (χ0) is 21.7. The molecule has 0 fully saturated rings. The quantitative estimate of drug-likeness (QED) is 0.507. The van der Waals surface area contributed by atoms with Crippen LogP contribution in [0.2, 0.25) is 5.02 Å². The highest BCUT2D eigenvalue weighted by atomic mass is 35.5. The molecule has 7 heteroatoms. The second-order valence-electron chi connectivity index (χ2n) is 7.81. The predicted octanol–water partition coefficient (Wildman–Crippen LogP) is 4.08. The van der Waals surface area contributed by atoms with E-state index in [1.807, 2.05) is 50.2 Å². The van der Waals surface area contributed by atoms with E-state index < -0.39 is 9.84 Å². The number of halogens is 1. The molecule has 0 aliphatic heterocycles. The van der Waals surface area contributed by atoms with E-state index in [1.165, 1.54) is 11.8 Å². The van der Waals surface area contributed by atoms with Gasteiger partial charge in [-0.15, -0.1) is 0 Å². The number of sulfone groups is 1. The highest BCUT2D eigenvalue weighted by Gasteiger charge is 2.21. The SMILES string of the molecule is CCNC(=NCc1ccc(S(C)(=O)=O)c(C)c1)NCC(C)(C)c1ccc(Cl)cc1.